The van der Waals surface area contributed by atoms with Crippen LogP contribution in [0.15, 0.2) is 29.2 Å². The zero-order valence-electron chi connectivity index (χ0n) is 10.7. The van der Waals surface area contributed by atoms with Crippen molar-refractivity contribution in [1.82, 2.24) is 4.72 Å². The van der Waals surface area contributed by atoms with Crippen molar-refractivity contribution in [3.05, 3.63) is 29.8 Å². The molecule has 0 aromatic heterocycles. The van der Waals surface area contributed by atoms with E-state index in [9.17, 15) is 21.6 Å². The summed E-state index contributed by atoms with van der Waals surface area (Å²) in [5, 5.41) is 0. The van der Waals surface area contributed by atoms with Crippen LogP contribution in [0.1, 0.15) is 25.3 Å². The van der Waals surface area contributed by atoms with Crippen LogP contribution in [0.25, 0.3) is 0 Å². The summed E-state index contributed by atoms with van der Waals surface area (Å²) in [6.45, 7) is 1.69. The van der Waals surface area contributed by atoms with Crippen LogP contribution in [0.3, 0.4) is 0 Å². The van der Waals surface area contributed by atoms with Crippen molar-refractivity contribution in [2.75, 3.05) is 0 Å². The molecule has 7 heteroatoms. The summed E-state index contributed by atoms with van der Waals surface area (Å²) in [5.41, 5.74) is -1.19. The molecule has 0 aliphatic heterocycles. The smallest absolute Gasteiger partial charge is 0.207 e. The van der Waals surface area contributed by atoms with Crippen LogP contribution in [0, 0.1) is 12.3 Å². The molecule has 0 amide bonds. The Balaban J connectivity index is 3.20. The molecule has 0 heterocycles. The Labute approximate surface area is 116 Å². The molecule has 0 saturated carbocycles. The van der Waals surface area contributed by atoms with Gasteiger partial charge in [0.15, 0.2) is 0 Å². The second-order valence-corrected chi connectivity index (χ2v) is 5.81. The van der Waals surface area contributed by atoms with Gasteiger partial charge in [0, 0.05) is 12.5 Å². The Bertz CT molecular complexity index is 603. The fraction of sp³-hybridized carbons (Fsp3) is 0.385. The van der Waals surface area contributed by atoms with Gasteiger partial charge in [0.05, 0.1) is 10.5 Å². The molecule has 1 unspecified atom stereocenters. The van der Waals surface area contributed by atoms with Gasteiger partial charge in [0.2, 0.25) is 10.0 Å². The van der Waals surface area contributed by atoms with E-state index >= 15 is 0 Å². The number of terminal acetylenes is 1. The average molecular weight is 305 g/mol. The molecule has 1 aromatic rings. The second-order valence-electron chi connectivity index (χ2n) is 4.13. The van der Waals surface area contributed by atoms with E-state index in [2.05, 4.69) is 10.6 Å². The molecule has 1 aromatic carbocycles. The Hall–Kier alpha value is -1.52. The van der Waals surface area contributed by atoms with E-state index in [-0.39, 0.29) is 6.42 Å². The van der Waals surface area contributed by atoms with Crippen LogP contribution in [-0.4, -0.2) is 14.5 Å². The zero-order chi connectivity index (χ0) is 15.4. The molecular formula is C13H14F3NO2S. The minimum absolute atomic E-state index is 0.115. The normalized spacial score (nSPS) is 13.8. The number of halogens is 3. The van der Waals surface area contributed by atoms with Gasteiger partial charge < -0.3 is 0 Å². The van der Waals surface area contributed by atoms with E-state index in [1.807, 2.05) is 0 Å². The Kier molecular flexibility index (Phi) is 5.20. The molecule has 110 valence electrons. The fourth-order valence-electron chi connectivity index (χ4n) is 1.63. The maximum atomic E-state index is 12.8. The van der Waals surface area contributed by atoms with Crippen molar-refractivity contribution in [1.29, 1.82) is 0 Å². The lowest BCUT2D eigenvalue weighted by atomic mass is 10.2. The highest BCUT2D eigenvalue weighted by Gasteiger charge is 2.37. The number of nitrogens with one attached hydrogen (secondary N) is 1. The SMILES string of the molecule is C#CCC(CC)NS(=O)(=O)c1ccccc1C(F)(F)F. The van der Waals surface area contributed by atoms with Crippen LogP contribution < -0.4 is 4.72 Å². The molecule has 0 bridgehead atoms. The summed E-state index contributed by atoms with van der Waals surface area (Å²) >= 11 is 0. The molecule has 20 heavy (non-hydrogen) atoms. The third-order valence-corrected chi connectivity index (χ3v) is 4.24. The molecule has 0 aliphatic rings. The van der Waals surface area contributed by atoms with E-state index in [0.717, 1.165) is 18.2 Å². The topological polar surface area (TPSA) is 46.2 Å². The van der Waals surface area contributed by atoms with Gasteiger partial charge >= 0.3 is 6.18 Å². The molecule has 1 N–H and O–H groups in total. The summed E-state index contributed by atoms with van der Waals surface area (Å²) in [4.78, 5) is -0.789. The second kappa shape index (κ2) is 6.29. The summed E-state index contributed by atoms with van der Waals surface area (Å²) in [7, 11) is -4.27. The van der Waals surface area contributed by atoms with Gasteiger partial charge in [-0.1, -0.05) is 19.1 Å². The summed E-state index contributed by atoms with van der Waals surface area (Å²) < 4.78 is 64.8. The molecule has 0 aliphatic carbocycles. The third-order valence-electron chi connectivity index (χ3n) is 2.66. The highest BCUT2D eigenvalue weighted by atomic mass is 32.2. The number of sulfonamides is 1. The molecule has 3 nitrogen and oxygen atoms in total. The Morgan fingerprint density at radius 1 is 1.35 bits per heavy atom. The van der Waals surface area contributed by atoms with Gasteiger partial charge in [-0.25, -0.2) is 13.1 Å². The number of benzene rings is 1. The maximum absolute atomic E-state index is 12.8. The van der Waals surface area contributed by atoms with E-state index in [1.165, 1.54) is 6.07 Å². The monoisotopic (exact) mass is 305 g/mol. The highest BCUT2D eigenvalue weighted by molar-refractivity contribution is 7.89. The van der Waals surface area contributed by atoms with Gasteiger partial charge in [-0.3, -0.25) is 0 Å². The first-order valence-corrected chi connectivity index (χ1v) is 7.32. The van der Waals surface area contributed by atoms with Gasteiger partial charge in [0.25, 0.3) is 0 Å². The van der Waals surface area contributed by atoms with Crippen molar-refractivity contribution in [2.45, 2.75) is 36.9 Å². The van der Waals surface area contributed by atoms with Gasteiger partial charge in [-0.15, -0.1) is 12.3 Å². The van der Waals surface area contributed by atoms with Crippen LogP contribution in [0.2, 0.25) is 0 Å². The molecule has 1 rings (SSSR count). The molecule has 0 fully saturated rings. The van der Waals surface area contributed by atoms with E-state index in [1.54, 1.807) is 6.92 Å². The average Bonchev–Trinajstić information content (AvgIpc) is 2.37. The summed E-state index contributed by atoms with van der Waals surface area (Å²) in [5.74, 6) is 2.29. The number of alkyl halides is 3. The van der Waals surface area contributed by atoms with Gasteiger partial charge in [-0.2, -0.15) is 13.2 Å². The van der Waals surface area contributed by atoms with Gasteiger partial charge in [0.1, 0.15) is 0 Å². The largest absolute Gasteiger partial charge is 0.417 e. The minimum Gasteiger partial charge on any atom is -0.207 e. The van der Waals surface area contributed by atoms with E-state index in [4.69, 9.17) is 6.42 Å². The standard InChI is InChI=1S/C13H14F3NO2S/c1-3-7-10(4-2)17-20(18,19)12-9-6-5-8-11(12)13(14,15)16/h1,5-6,8-10,17H,4,7H2,2H3. The predicted molar refractivity (Wildman–Crippen MR) is 69.3 cm³/mol. The first kappa shape index (κ1) is 16.5. The van der Waals surface area contributed by atoms with Crippen LogP contribution in [0.5, 0.6) is 0 Å². The molecule has 0 radical (unpaired) electrons. The summed E-state index contributed by atoms with van der Waals surface area (Å²) in [6, 6.07) is 3.45. The van der Waals surface area contributed by atoms with E-state index < -0.39 is 32.7 Å². The lowest BCUT2D eigenvalue weighted by Crippen LogP contribution is -2.35. The number of rotatable bonds is 5. The molecule has 1 atom stereocenters. The fourth-order valence-corrected chi connectivity index (χ4v) is 3.18. The predicted octanol–water partition coefficient (Wildman–Crippen LogP) is 2.79. The first-order chi connectivity index (χ1) is 9.22. The quantitative estimate of drug-likeness (QED) is 0.850. The van der Waals surface area contributed by atoms with Crippen molar-refractivity contribution in [3.63, 3.8) is 0 Å². The molecular weight excluding hydrogens is 291 g/mol. The summed E-state index contributed by atoms with van der Waals surface area (Å²) in [6.07, 6.45) is 0.861. The van der Waals surface area contributed by atoms with Crippen LogP contribution in [0.4, 0.5) is 13.2 Å². The lowest BCUT2D eigenvalue weighted by molar-refractivity contribution is -0.139. The number of hydrogen-bond acceptors (Lipinski definition) is 2. The van der Waals surface area contributed by atoms with Crippen LogP contribution in [-0.2, 0) is 16.2 Å². The van der Waals surface area contributed by atoms with Crippen molar-refractivity contribution in [2.24, 2.45) is 0 Å². The molecule has 0 spiro atoms. The molecule has 0 saturated heterocycles. The first-order valence-electron chi connectivity index (χ1n) is 5.84. The zero-order valence-corrected chi connectivity index (χ0v) is 11.6. The van der Waals surface area contributed by atoms with E-state index in [0.29, 0.717) is 6.42 Å². The highest BCUT2D eigenvalue weighted by Crippen LogP contribution is 2.33. The van der Waals surface area contributed by atoms with Crippen LogP contribution >= 0.6 is 0 Å². The van der Waals surface area contributed by atoms with Crippen molar-refractivity contribution < 1.29 is 21.6 Å². The lowest BCUT2D eigenvalue weighted by Gasteiger charge is -2.17. The Morgan fingerprint density at radius 3 is 2.45 bits per heavy atom. The Morgan fingerprint density at radius 2 is 1.95 bits per heavy atom. The van der Waals surface area contributed by atoms with Crippen molar-refractivity contribution in [3.8, 4) is 12.3 Å². The minimum atomic E-state index is -4.74. The number of hydrogen-bond donors (Lipinski definition) is 1. The van der Waals surface area contributed by atoms with Crippen molar-refractivity contribution >= 4 is 10.0 Å². The van der Waals surface area contributed by atoms with Gasteiger partial charge in [-0.05, 0) is 18.6 Å². The maximum Gasteiger partial charge on any atom is 0.417 e. The third kappa shape index (κ3) is 3.99.